The average Bonchev–Trinajstić information content (AvgIpc) is 3.36. The summed E-state index contributed by atoms with van der Waals surface area (Å²) in [4.78, 5) is 2.08. The van der Waals surface area contributed by atoms with E-state index >= 15 is 0 Å². The van der Waals surface area contributed by atoms with Crippen LogP contribution in [0.25, 0.3) is 11.5 Å². The van der Waals surface area contributed by atoms with Crippen molar-refractivity contribution in [3.8, 4) is 11.5 Å². The van der Waals surface area contributed by atoms with Crippen LogP contribution in [-0.2, 0) is 4.74 Å². The fourth-order valence-electron chi connectivity index (χ4n) is 3.10. The summed E-state index contributed by atoms with van der Waals surface area (Å²) in [6.45, 7) is 2.84. The molecule has 4 rings (SSSR count). The topological polar surface area (TPSA) is 63.4 Å². The number of benzene rings is 2. The Morgan fingerprint density at radius 1 is 1.14 bits per heavy atom. The summed E-state index contributed by atoms with van der Waals surface area (Å²) in [6.07, 6.45) is 0.0187. The van der Waals surface area contributed by atoms with Crippen LogP contribution in [0, 0.1) is 6.92 Å². The van der Waals surface area contributed by atoms with Gasteiger partial charge in [-0.15, -0.1) is 10.2 Å². The zero-order valence-electron chi connectivity index (χ0n) is 16.3. The quantitative estimate of drug-likeness (QED) is 0.634. The van der Waals surface area contributed by atoms with Crippen LogP contribution in [0.4, 0.5) is 5.69 Å². The third-order valence-corrected chi connectivity index (χ3v) is 5.59. The molecule has 1 N–H and O–H groups in total. The first-order valence-electron chi connectivity index (χ1n) is 9.28. The lowest BCUT2D eigenvalue weighted by Crippen LogP contribution is -2.16. The Morgan fingerprint density at radius 3 is 2.71 bits per heavy atom. The number of ether oxygens (including phenoxy) is 1. The number of nitrogens with one attached hydrogen (secondary N) is 1. The summed E-state index contributed by atoms with van der Waals surface area (Å²) < 4.78 is 11.9. The number of nitrogens with zero attached hydrogens (tertiary/aromatic N) is 3. The SMILES string of the molecule is Cc1cccc(-c2nnc(SC[C@H]3CN[C@H](c4ccc(N(C)C)cc4)O3)o2)c1. The number of rotatable bonds is 6. The van der Waals surface area contributed by atoms with Crippen LogP contribution in [0.2, 0.25) is 0 Å². The van der Waals surface area contributed by atoms with Crippen molar-refractivity contribution in [1.29, 1.82) is 0 Å². The first kappa shape index (κ1) is 19.0. The molecule has 3 aromatic rings. The monoisotopic (exact) mass is 396 g/mol. The van der Waals surface area contributed by atoms with Crippen LogP contribution in [0.1, 0.15) is 17.4 Å². The van der Waals surface area contributed by atoms with Crippen molar-refractivity contribution in [3.05, 3.63) is 59.7 Å². The summed E-state index contributed by atoms with van der Waals surface area (Å²) in [5, 5.41) is 12.3. The van der Waals surface area contributed by atoms with E-state index in [9.17, 15) is 0 Å². The third kappa shape index (κ3) is 4.38. The van der Waals surface area contributed by atoms with Gasteiger partial charge in [-0.05, 0) is 36.8 Å². The van der Waals surface area contributed by atoms with E-state index in [-0.39, 0.29) is 12.3 Å². The van der Waals surface area contributed by atoms with E-state index in [1.807, 2.05) is 45.3 Å². The molecule has 0 unspecified atom stereocenters. The molecule has 7 heteroatoms. The molecule has 0 bridgehead atoms. The molecule has 1 saturated heterocycles. The number of aryl methyl sites for hydroxylation is 1. The molecule has 146 valence electrons. The average molecular weight is 397 g/mol. The lowest BCUT2D eigenvalue weighted by Gasteiger charge is -2.16. The van der Waals surface area contributed by atoms with E-state index in [4.69, 9.17) is 9.15 Å². The van der Waals surface area contributed by atoms with Crippen molar-refractivity contribution in [2.24, 2.45) is 0 Å². The van der Waals surface area contributed by atoms with Crippen LogP contribution in [0.3, 0.4) is 0 Å². The minimum Gasteiger partial charge on any atom is -0.411 e. The molecule has 0 aliphatic carbocycles. The Hall–Kier alpha value is -2.35. The molecule has 0 radical (unpaired) electrons. The van der Waals surface area contributed by atoms with Gasteiger partial charge >= 0.3 is 0 Å². The first-order valence-corrected chi connectivity index (χ1v) is 10.3. The number of anilines is 1. The fraction of sp³-hybridized carbons (Fsp3) is 0.333. The zero-order chi connectivity index (χ0) is 19.5. The highest BCUT2D eigenvalue weighted by molar-refractivity contribution is 7.99. The fourth-order valence-corrected chi connectivity index (χ4v) is 3.86. The molecule has 0 saturated carbocycles. The van der Waals surface area contributed by atoms with Gasteiger partial charge in [0.1, 0.15) is 6.23 Å². The van der Waals surface area contributed by atoms with Gasteiger partial charge in [-0.3, -0.25) is 5.32 Å². The molecule has 0 amide bonds. The normalized spacial score (nSPS) is 19.1. The largest absolute Gasteiger partial charge is 0.411 e. The minimum atomic E-state index is -0.0765. The lowest BCUT2D eigenvalue weighted by molar-refractivity contribution is 0.0534. The number of thioether (sulfide) groups is 1. The molecule has 28 heavy (non-hydrogen) atoms. The summed E-state index contributed by atoms with van der Waals surface area (Å²) in [7, 11) is 4.07. The van der Waals surface area contributed by atoms with E-state index in [0.29, 0.717) is 11.1 Å². The van der Waals surface area contributed by atoms with E-state index in [1.54, 1.807) is 0 Å². The van der Waals surface area contributed by atoms with E-state index in [1.165, 1.54) is 23.0 Å². The molecule has 6 nitrogen and oxygen atoms in total. The van der Waals surface area contributed by atoms with Gasteiger partial charge < -0.3 is 14.1 Å². The van der Waals surface area contributed by atoms with Crippen molar-refractivity contribution in [1.82, 2.24) is 15.5 Å². The summed E-state index contributed by atoms with van der Waals surface area (Å²) in [5.74, 6) is 1.31. The maximum Gasteiger partial charge on any atom is 0.276 e. The third-order valence-electron chi connectivity index (χ3n) is 4.64. The van der Waals surface area contributed by atoms with Gasteiger partial charge in [-0.1, -0.05) is 41.6 Å². The van der Waals surface area contributed by atoms with Crippen LogP contribution in [0.5, 0.6) is 0 Å². The van der Waals surface area contributed by atoms with Gasteiger partial charge in [0, 0.05) is 37.6 Å². The summed E-state index contributed by atoms with van der Waals surface area (Å²) in [6, 6.07) is 16.5. The Bertz CT molecular complexity index is 926. The molecule has 2 heterocycles. The molecule has 1 aromatic heterocycles. The minimum absolute atomic E-state index is 0.0765. The Morgan fingerprint density at radius 2 is 1.96 bits per heavy atom. The molecule has 0 spiro atoms. The Labute approximate surface area is 169 Å². The number of aromatic nitrogens is 2. The second kappa shape index (κ2) is 8.34. The second-order valence-corrected chi connectivity index (χ2v) is 8.06. The van der Waals surface area contributed by atoms with Gasteiger partial charge in [0.15, 0.2) is 0 Å². The van der Waals surface area contributed by atoms with Crippen molar-refractivity contribution < 1.29 is 9.15 Å². The predicted molar refractivity (Wildman–Crippen MR) is 112 cm³/mol. The van der Waals surface area contributed by atoms with Crippen LogP contribution in [-0.4, -0.2) is 42.7 Å². The smallest absolute Gasteiger partial charge is 0.276 e. The lowest BCUT2D eigenvalue weighted by atomic mass is 10.1. The summed E-state index contributed by atoms with van der Waals surface area (Å²) in [5.41, 5.74) is 4.42. The van der Waals surface area contributed by atoms with Crippen molar-refractivity contribution in [3.63, 3.8) is 0 Å². The van der Waals surface area contributed by atoms with Crippen molar-refractivity contribution in [2.75, 3.05) is 31.3 Å². The first-order chi connectivity index (χ1) is 13.6. The van der Waals surface area contributed by atoms with Crippen molar-refractivity contribution >= 4 is 17.4 Å². The maximum atomic E-state index is 6.14. The van der Waals surface area contributed by atoms with E-state index in [0.717, 1.165) is 23.4 Å². The molecule has 2 aromatic carbocycles. The highest BCUT2D eigenvalue weighted by Gasteiger charge is 2.26. The van der Waals surface area contributed by atoms with Gasteiger partial charge in [0.25, 0.3) is 5.22 Å². The van der Waals surface area contributed by atoms with Crippen LogP contribution in [0.15, 0.2) is 58.2 Å². The second-order valence-electron chi connectivity index (χ2n) is 7.09. The molecule has 1 aliphatic heterocycles. The number of hydrogen-bond donors (Lipinski definition) is 1. The molecule has 2 atom stereocenters. The number of hydrogen-bond acceptors (Lipinski definition) is 7. The Kier molecular flexibility index (Phi) is 5.66. The molecule has 1 aliphatic rings. The van der Waals surface area contributed by atoms with Gasteiger partial charge in [-0.25, -0.2) is 0 Å². The maximum absolute atomic E-state index is 6.14. The molecular formula is C21H24N4O2S. The molecular weight excluding hydrogens is 372 g/mol. The van der Waals surface area contributed by atoms with Gasteiger partial charge in [0.2, 0.25) is 5.89 Å². The van der Waals surface area contributed by atoms with Crippen molar-refractivity contribution in [2.45, 2.75) is 24.5 Å². The van der Waals surface area contributed by atoms with Crippen LogP contribution >= 0.6 is 11.8 Å². The van der Waals surface area contributed by atoms with Crippen LogP contribution < -0.4 is 10.2 Å². The summed E-state index contributed by atoms with van der Waals surface area (Å²) >= 11 is 1.53. The highest BCUT2D eigenvalue weighted by atomic mass is 32.2. The van der Waals surface area contributed by atoms with E-state index in [2.05, 4.69) is 44.7 Å². The predicted octanol–water partition coefficient (Wildman–Crippen LogP) is 3.89. The molecule has 1 fully saturated rings. The Balaban J connectivity index is 1.31. The zero-order valence-corrected chi connectivity index (χ0v) is 17.1. The van der Waals surface area contributed by atoms with Gasteiger partial charge in [0.05, 0.1) is 6.10 Å². The van der Waals surface area contributed by atoms with E-state index < -0.39 is 0 Å². The van der Waals surface area contributed by atoms with Gasteiger partial charge in [-0.2, -0.15) is 0 Å². The highest BCUT2D eigenvalue weighted by Crippen LogP contribution is 2.28. The standard InChI is InChI=1S/C21H24N4O2S/c1-14-5-4-6-16(11-14)20-23-24-21(27-20)28-13-18-12-22-19(26-18)15-7-9-17(10-8-15)25(2)3/h4-11,18-19,22H,12-13H2,1-3H3/t18-,19+/m1/s1.